The molecule has 0 aliphatic rings. The van der Waals surface area contributed by atoms with Gasteiger partial charge in [-0.25, -0.2) is 0 Å². The van der Waals surface area contributed by atoms with Crippen molar-refractivity contribution in [3.05, 3.63) is 0 Å². The summed E-state index contributed by atoms with van der Waals surface area (Å²) in [6, 6.07) is 0. The molecule has 0 radical (unpaired) electrons. The topological polar surface area (TPSA) is 84.2 Å². The number of carbonyl (C=O) groups excluding carboxylic acids is 2. The Labute approximate surface area is 84.4 Å². The SMILES string of the molecule is CC(=O)NCCNC(=O)CCCCN. The van der Waals surface area contributed by atoms with E-state index in [-0.39, 0.29) is 11.8 Å². The first-order valence-corrected chi connectivity index (χ1v) is 4.88. The number of nitrogens with two attached hydrogens (primary N) is 1. The van der Waals surface area contributed by atoms with Gasteiger partial charge in [0.05, 0.1) is 0 Å². The summed E-state index contributed by atoms with van der Waals surface area (Å²) in [4.78, 5) is 21.6. The zero-order valence-electron chi connectivity index (χ0n) is 8.64. The van der Waals surface area contributed by atoms with Gasteiger partial charge < -0.3 is 16.4 Å². The largest absolute Gasteiger partial charge is 0.355 e. The van der Waals surface area contributed by atoms with Crippen molar-refractivity contribution in [3.63, 3.8) is 0 Å². The van der Waals surface area contributed by atoms with Gasteiger partial charge in [-0.1, -0.05) is 0 Å². The van der Waals surface area contributed by atoms with E-state index >= 15 is 0 Å². The average molecular weight is 201 g/mol. The van der Waals surface area contributed by atoms with Gasteiger partial charge in [-0.05, 0) is 19.4 Å². The van der Waals surface area contributed by atoms with Crippen LogP contribution in [0.3, 0.4) is 0 Å². The maximum Gasteiger partial charge on any atom is 0.220 e. The maximum atomic E-state index is 11.1. The Balaban J connectivity index is 3.22. The van der Waals surface area contributed by atoms with Gasteiger partial charge in [-0.15, -0.1) is 0 Å². The van der Waals surface area contributed by atoms with Crippen molar-refractivity contribution in [2.24, 2.45) is 5.73 Å². The van der Waals surface area contributed by atoms with Crippen molar-refractivity contribution in [2.45, 2.75) is 26.2 Å². The van der Waals surface area contributed by atoms with Gasteiger partial charge in [0.2, 0.25) is 11.8 Å². The van der Waals surface area contributed by atoms with Crippen molar-refractivity contribution in [1.29, 1.82) is 0 Å². The smallest absolute Gasteiger partial charge is 0.220 e. The van der Waals surface area contributed by atoms with Crippen LogP contribution in [0.2, 0.25) is 0 Å². The molecule has 4 N–H and O–H groups in total. The van der Waals surface area contributed by atoms with Crippen LogP contribution in [0.4, 0.5) is 0 Å². The van der Waals surface area contributed by atoms with Crippen LogP contribution in [0.15, 0.2) is 0 Å². The van der Waals surface area contributed by atoms with Gasteiger partial charge in [0, 0.05) is 26.4 Å². The van der Waals surface area contributed by atoms with Crippen LogP contribution < -0.4 is 16.4 Å². The lowest BCUT2D eigenvalue weighted by Gasteiger charge is -2.04. The molecule has 0 aromatic rings. The van der Waals surface area contributed by atoms with E-state index in [4.69, 9.17) is 5.73 Å². The van der Waals surface area contributed by atoms with Gasteiger partial charge >= 0.3 is 0 Å². The van der Waals surface area contributed by atoms with Gasteiger partial charge in [0.1, 0.15) is 0 Å². The molecule has 5 nitrogen and oxygen atoms in total. The molecule has 0 aliphatic carbocycles. The van der Waals surface area contributed by atoms with Gasteiger partial charge in [0.25, 0.3) is 0 Å². The Morgan fingerprint density at radius 3 is 2.36 bits per heavy atom. The van der Waals surface area contributed by atoms with Crippen LogP contribution in [-0.4, -0.2) is 31.4 Å². The van der Waals surface area contributed by atoms with Crippen LogP contribution in [0.25, 0.3) is 0 Å². The van der Waals surface area contributed by atoms with Gasteiger partial charge in [-0.2, -0.15) is 0 Å². The van der Waals surface area contributed by atoms with Crippen LogP contribution in [0.5, 0.6) is 0 Å². The fourth-order valence-corrected chi connectivity index (χ4v) is 0.959. The number of hydrogen-bond donors (Lipinski definition) is 3. The molecule has 0 rings (SSSR count). The average Bonchev–Trinajstić information content (AvgIpc) is 2.13. The van der Waals surface area contributed by atoms with Crippen molar-refractivity contribution < 1.29 is 9.59 Å². The van der Waals surface area contributed by atoms with Crippen LogP contribution in [-0.2, 0) is 9.59 Å². The molecule has 0 unspecified atom stereocenters. The van der Waals surface area contributed by atoms with Gasteiger partial charge in [-0.3, -0.25) is 9.59 Å². The summed E-state index contributed by atoms with van der Waals surface area (Å²) in [7, 11) is 0. The van der Waals surface area contributed by atoms with Crippen molar-refractivity contribution in [3.8, 4) is 0 Å². The van der Waals surface area contributed by atoms with E-state index < -0.39 is 0 Å². The van der Waals surface area contributed by atoms with Crippen LogP contribution in [0, 0.1) is 0 Å². The fraction of sp³-hybridized carbons (Fsp3) is 0.778. The van der Waals surface area contributed by atoms with E-state index in [9.17, 15) is 9.59 Å². The van der Waals surface area contributed by atoms with E-state index in [0.717, 1.165) is 12.8 Å². The highest BCUT2D eigenvalue weighted by atomic mass is 16.2. The lowest BCUT2D eigenvalue weighted by atomic mass is 10.2. The minimum Gasteiger partial charge on any atom is -0.355 e. The second-order valence-corrected chi connectivity index (χ2v) is 3.08. The molecule has 0 saturated heterocycles. The summed E-state index contributed by atoms with van der Waals surface area (Å²) in [5, 5.41) is 5.30. The highest BCUT2D eigenvalue weighted by molar-refractivity contribution is 5.76. The predicted octanol–water partition coefficient (Wildman–Crippen LogP) is -0.632. The first kappa shape index (κ1) is 12.9. The lowest BCUT2D eigenvalue weighted by Crippen LogP contribution is -2.33. The van der Waals surface area contributed by atoms with E-state index in [1.165, 1.54) is 6.92 Å². The van der Waals surface area contributed by atoms with E-state index in [2.05, 4.69) is 10.6 Å². The summed E-state index contributed by atoms with van der Waals surface area (Å²) in [5.41, 5.74) is 5.29. The Hall–Kier alpha value is -1.10. The molecule has 0 fully saturated rings. The third kappa shape index (κ3) is 8.99. The zero-order valence-corrected chi connectivity index (χ0v) is 8.64. The highest BCUT2D eigenvalue weighted by Gasteiger charge is 1.99. The molecule has 0 aromatic carbocycles. The fourth-order valence-electron chi connectivity index (χ4n) is 0.959. The first-order chi connectivity index (χ1) is 6.66. The third-order valence-electron chi connectivity index (χ3n) is 1.68. The molecule has 0 aliphatic heterocycles. The zero-order chi connectivity index (χ0) is 10.8. The highest BCUT2D eigenvalue weighted by Crippen LogP contribution is 1.92. The van der Waals surface area contributed by atoms with E-state index in [0.29, 0.717) is 26.1 Å². The Kier molecular flexibility index (Phi) is 7.83. The quantitative estimate of drug-likeness (QED) is 0.479. The number of hydrogen-bond acceptors (Lipinski definition) is 3. The van der Waals surface area contributed by atoms with Crippen LogP contribution in [0.1, 0.15) is 26.2 Å². The van der Waals surface area contributed by atoms with E-state index in [1.807, 2.05) is 0 Å². The standard InChI is InChI=1S/C9H19N3O2/c1-8(13)11-6-7-12-9(14)4-2-3-5-10/h2-7,10H2,1H3,(H,11,13)(H,12,14). The minimum atomic E-state index is -0.0811. The molecular formula is C9H19N3O2. The summed E-state index contributed by atoms with van der Waals surface area (Å²) >= 11 is 0. The molecule has 2 amide bonds. The number of rotatable bonds is 7. The molecule has 0 heterocycles. The first-order valence-electron chi connectivity index (χ1n) is 4.88. The summed E-state index contributed by atoms with van der Waals surface area (Å²) in [5.74, 6) is -0.0637. The minimum absolute atomic E-state index is 0.0174. The van der Waals surface area contributed by atoms with Crippen molar-refractivity contribution in [1.82, 2.24) is 10.6 Å². The van der Waals surface area contributed by atoms with Crippen LogP contribution >= 0.6 is 0 Å². The number of carbonyl (C=O) groups is 2. The number of unbranched alkanes of at least 4 members (excludes halogenated alkanes) is 1. The normalized spacial score (nSPS) is 9.57. The van der Waals surface area contributed by atoms with Gasteiger partial charge in [0.15, 0.2) is 0 Å². The number of nitrogens with one attached hydrogen (secondary N) is 2. The predicted molar refractivity (Wildman–Crippen MR) is 54.6 cm³/mol. The molecule has 0 atom stereocenters. The molecule has 82 valence electrons. The lowest BCUT2D eigenvalue weighted by molar-refractivity contribution is -0.122. The summed E-state index contributed by atoms with van der Waals surface area (Å²) in [6.07, 6.45) is 2.21. The monoisotopic (exact) mass is 201 g/mol. The Morgan fingerprint density at radius 1 is 1.14 bits per heavy atom. The van der Waals surface area contributed by atoms with Crippen molar-refractivity contribution >= 4 is 11.8 Å². The molecule has 0 aromatic heterocycles. The molecule has 0 bridgehead atoms. The molecule has 0 saturated carbocycles. The molecular weight excluding hydrogens is 182 g/mol. The summed E-state index contributed by atoms with van der Waals surface area (Å²) in [6.45, 7) is 3.04. The molecule has 0 spiro atoms. The van der Waals surface area contributed by atoms with Crippen molar-refractivity contribution in [2.75, 3.05) is 19.6 Å². The maximum absolute atomic E-state index is 11.1. The summed E-state index contributed by atoms with van der Waals surface area (Å²) < 4.78 is 0. The van der Waals surface area contributed by atoms with E-state index in [1.54, 1.807) is 0 Å². The molecule has 5 heteroatoms. The number of amides is 2. The Morgan fingerprint density at radius 2 is 1.79 bits per heavy atom. The second-order valence-electron chi connectivity index (χ2n) is 3.08. The molecule has 14 heavy (non-hydrogen) atoms. The second kappa shape index (κ2) is 8.50. The Bertz CT molecular complexity index is 183. The third-order valence-corrected chi connectivity index (χ3v) is 1.68.